The van der Waals surface area contributed by atoms with Crippen molar-refractivity contribution >= 4 is 21.7 Å². The smallest absolute Gasteiger partial charge is 0.253 e. The van der Waals surface area contributed by atoms with E-state index in [-0.39, 0.29) is 16.7 Å². The van der Waals surface area contributed by atoms with Gasteiger partial charge in [-0.25, -0.2) is 8.42 Å². The van der Waals surface area contributed by atoms with E-state index in [0.29, 0.717) is 31.7 Å². The summed E-state index contributed by atoms with van der Waals surface area (Å²) < 4.78 is 22.9. The zero-order valence-corrected chi connectivity index (χ0v) is 13.6. The van der Waals surface area contributed by atoms with Crippen molar-refractivity contribution in [2.75, 3.05) is 32.4 Å². The molecule has 0 aliphatic carbocycles. The van der Waals surface area contributed by atoms with Crippen LogP contribution in [0.3, 0.4) is 0 Å². The van der Waals surface area contributed by atoms with E-state index in [9.17, 15) is 18.0 Å². The van der Waals surface area contributed by atoms with E-state index in [1.807, 2.05) is 0 Å². The number of hydrogen-bond acceptors (Lipinski definition) is 4. The molecule has 1 saturated heterocycles. The average molecular weight is 324 g/mol. The summed E-state index contributed by atoms with van der Waals surface area (Å²) in [6.07, 6.45) is 1.88. The molecule has 2 rings (SSSR count). The molecule has 0 radical (unpaired) electrons. The number of amides is 2. The third-order valence-corrected chi connectivity index (χ3v) is 4.89. The van der Waals surface area contributed by atoms with E-state index in [1.54, 1.807) is 9.80 Å². The van der Waals surface area contributed by atoms with Crippen LogP contribution in [0.4, 0.5) is 0 Å². The standard InChI is InChI=1S/C15H20N2O4S/c1-12(18)16-8-3-9-17(11-10-16)15(19)13-4-6-14(7-5-13)22(2,20)21/h4-7H,3,8-11H2,1-2H3. The van der Waals surface area contributed by atoms with Crippen LogP contribution < -0.4 is 0 Å². The van der Waals surface area contributed by atoms with Crippen LogP contribution in [0.1, 0.15) is 23.7 Å². The first kappa shape index (κ1) is 16.5. The van der Waals surface area contributed by atoms with E-state index < -0.39 is 9.84 Å². The topological polar surface area (TPSA) is 74.8 Å². The van der Waals surface area contributed by atoms with E-state index in [1.165, 1.54) is 31.2 Å². The Bertz CT molecular complexity index is 667. The van der Waals surface area contributed by atoms with Gasteiger partial charge < -0.3 is 9.80 Å². The van der Waals surface area contributed by atoms with Gasteiger partial charge in [0, 0.05) is 44.9 Å². The quantitative estimate of drug-likeness (QED) is 0.806. The maximum absolute atomic E-state index is 12.5. The van der Waals surface area contributed by atoms with Gasteiger partial charge in [-0.3, -0.25) is 9.59 Å². The van der Waals surface area contributed by atoms with Crippen LogP contribution in [0.25, 0.3) is 0 Å². The molecule has 0 aromatic heterocycles. The minimum Gasteiger partial charge on any atom is -0.341 e. The van der Waals surface area contributed by atoms with Gasteiger partial charge in [0.15, 0.2) is 9.84 Å². The van der Waals surface area contributed by atoms with Crippen LogP contribution in [0, 0.1) is 0 Å². The summed E-state index contributed by atoms with van der Waals surface area (Å²) in [5.74, 6) is -0.114. The lowest BCUT2D eigenvalue weighted by molar-refractivity contribution is -0.128. The first-order valence-electron chi connectivity index (χ1n) is 7.14. The molecule has 1 heterocycles. The second-order valence-electron chi connectivity index (χ2n) is 5.45. The zero-order chi connectivity index (χ0) is 16.3. The van der Waals surface area contributed by atoms with Crippen LogP contribution in [0.2, 0.25) is 0 Å². The Balaban J connectivity index is 2.10. The molecule has 1 aliphatic rings. The lowest BCUT2D eigenvalue weighted by atomic mass is 10.2. The summed E-state index contributed by atoms with van der Waals surface area (Å²) >= 11 is 0. The molecule has 1 fully saturated rings. The third-order valence-electron chi connectivity index (χ3n) is 3.76. The van der Waals surface area contributed by atoms with Gasteiger partial charge in [-0.15, -0.1) is 0 Å². The Kier molecular flexibility index (Phi) is 4.85. The van der Waals surface area contributed by atoms with Crippen LogP contribution in [-0.2, 0) is 14.6 Å². The maximum Gasteiger partial charge on any atom is 0.253 e. The van der Waals surface area contributed by atoms with Gasteiger partial charge in [-0.1, -0.05) is 0 Å². The van der Waals surface area contributed by atoms with Crippen molar-refractivity contribution in [1.82, 2.24) is 9.80 Å². The van der Waals surface area contributed by atoms with Gasteiger partial charge in [-0.05, 0) is 30.7 Å². The molecule has 7 heteroatoms. The first-order valence-corrected chi connectivity index (χ1v) is 9.03. The first-order chi connectivity index (χ1) is 10.3. The predicted octanol–water partition coefficient (Wildman–Crippen LogP) is 0.784. The molecule has 0 atom stereocenters. The van der Waals surface area contributed by atoms with Crippen molar-refractivity contribution in [2.24, 2.45) is 0 Å². The van der Waals surface area contributed by atoms with Crippen molar-refractivity contribution in [3.63, 3.8) is 0 Å². The number of hydrogen-bond donors (Lipinski definition) is 0. The van der Waals surface area contributed by atoms with Crippen molar-refractivity contribution in [2.45, 2.75) is 18.2 Å². The molecular weight excluding hydrogens is 304 g/mol. The molecule has 1 aromatic rings. The lowest BCUT2D eigenvalue weighted by Gasteiger charge is -2.21. The van der Waals surface area contributed by atoms with Gasteiger partial charge in [0.05, 0.1) is 4.90 Å². The van der Waals surface area contributed by atoms with E-state index in [0.717, 1.165) is 12.7 Å². The summed E-state index contributed by atoms with van der Waals surface area (Å²) in [6, 6.07) is 5.96. The Morgan fingerprint density at radius 3 is 2.05 bits per heavy atom. The molecule has 1 aromatic carbocycles. The lowest BCUT2D eigenvalue weighted by Crippen LogP contribution is -2.36. The Hall–Kier alpha value is -1.89. The molecule has 0 N–H and O–H groups in total. The molecule has 1 aliphatic heterocycles. The fraction of sp³-hybridized carbons (Fsp3) is 0.467. The summed E-state index contributed by atoms with van der Waals surface area (Å²) in [7, 11) is -3.26. The summed E-state index contributed by atoms with van der Waals surface area (Å²) in [6.45, 7) is 3.80. The van der Waals surface area contributed by atoms with Crippen molar-refractivity contribution in [1.29, 1.82) is 0 Å². The Morgan fingerprint density at radius 2 is 1.50 bits per heavy atom. The fourth-order valence-electron chi connectivity index (χ4n) is 2.46. The van der Waals surface area contributed by atoms with Gasteiger partial charge >= 0.3 is 0 Å². The second-order valence-corrected chi connectivity index (χ2v) is 7.46. The van der Waals surface area contributed by atoms with Crippen molar-refractivity contribution in [3.05, 3.63) is 29.8 Å². The van der Waals surface area contributed by atoms with Crippen LogP contribution in [0.5, 0.6) is 0 Å². The van der Waals surface area contributed by atoms with E-state index in [2.05, 4.69) is 0 Å². The molecule has 6 nitrogen and oxygen atoms in total. The monoisotopic (exact) mass is 324 g/mol. The number of nitrogens with zero attached hydrogens (tertiary/aromatic N) is 2. The molecule has 0 bridgehead atoms. The van der Waals surface area contributed by atoms with E-state index >= 15 is 0 Å². The average Bonchev–Trinajstić information content (AvgIpc) is 2.71. The predicted molar refractivity (Wildman–Crippen MR) is 82.3 cm³/mol. The minimum atomic E-state index is -3.26. The second kappa shape index (κ2) is 6.48. The maximum atomic E-state index is 12.5. The number of sulfone groups is 1. The molecule has 2 amide bonds. The summed E-state index contributed by atoms with van der Waals surface area (Å²) in [5, 5.41) is 0. The summed E-state index contributed by atoms with van der Waals surface area (Å²) in [4.78, 5) is 27.5. The van der Waals surface area contributed by atoms with Crippen LogP contribution in [-0.4, -0.2) is 62.5 Å². The third kappa shape index (κ3) is 3.85. The molecular formula is C15H20N2O4S. The van der Waals surface area contributed by atoms with Gasteiger partial charge in [0.2, 0.25) is 5.91 Å². The zero-order valence-electron chi connectivity index (χ0n) is 12.8. The SMILES string of the molecule is CC(=O)N1CCCN(C(=O)c2ccc(S(C)(=O)=O)cc2)CC1. The van der Waals surface area contributed by atoms with Gasteiger partial charge in [0.1, 0.15) is 0 Å². The largest absolute Gasteiger partial charge is 0.341 e. The minimum absolute atomic E-state index is 0.0202. The van der Waals surface area contributed by atoms with Crippen LogP contribution in [0.15, 0.2) is 29.2 Å². The summed E-state index contributed by atoms with van der Waals surface area (Å²) in [5.41, 5.74) is 0.462. The normalized spacial score (nSPS) is 16.3. The number of carbonyl (C=O) groups excluding carboxylic acids is 2. The van der Waals surface area contributed by atoms with Crippen molar-refractivity contribution in [3.8, 4) is 0 Å². The molecule has 120 valence electrons. The highest BCUT2D eigenvalue weighted by molar-refractivity contribution is 7.90. The fourth-order valence-corrected chi connectivity index (χ4v) is 3.09. The Labute approximate surface area is 130 Å². The number of benzene rings is 1. The highest BCUT2D eigenvalue weighted by Gasteiger charge is 2.21. The van der Waals surface area contributed by atoms with Gasteiger partial charge in [0.25, 0.3) is 5.91 Å². The number of rotatable bonds is 2. The van der Waals surface area contributed by atoms with E-state index in [4.69, 9.17) is 0 Å². The molecule has 0 unspecified atom stereocenters. The van der Waals surface area contributed by atoms with Crippen LogP contribution >= 0.6 is 0 Å². The Morgan fingerprint density at radius 1 is 0.955 bits per heavy atom. The molecule has 0 saturated carbocycles. The number of carbonyl (C=O) groups is 2. The molecule has 0 spiro atoms. The highest BCUT2D eigenvalue weighted by Crippen LogP contribution is 2.13. The van der Waals surface area contributed by atoms with Gasteiger partial charge in [-0.2, -0.15) is 0 Å². The van der Waals surface area contributed by atoms with Crippen molar-refractivity contribution < 1.29 is 18.0 Å². The highest BCUT2D eigenvalue weighted by atomic mass is 32.2. The molecule has 22 heavy (non-hydrogen) atoms.